The predicted molar refractivity (Wildman–Crippen MR) is 67.9 cm³/mol. The van der Waals surface area contributed by atoms with Crippen molar-refractivity contribution >= 4 is 16.8 Å². The Hall–Kier alpha value is -1.84. The van der Waals surface area contributed by atoms with Gasteiger partial charge in [-0.05, 0) is 18.9 Å². The summed E-state index contributed by atoms with van der Waals surface area (Å²) in [5.41, 5.74) is 1.46. The molecule has 0 aliphatic heterocycles. The van der Waals surface area contributed by atoms with Crippen LogP contribution in [0.2, 0.25) is 0 Å². The van der Waals surface area contributed by atoms with Gasteiger partial charge in [0.25, 0.3) is 5.91 Å². The number of benzene rings is 1. The van der Waals surface area contributed by atoms with Crippen LogP contribution < -0.4 is 5.32 Å². The number of aromatic amines is 1. The van der Waals surface area contributed by atoms with Gasteiger partial charge in [-0.15, -0.1) is 0 Å². The molecule has 0 aliphatic rings. The zero-order valence-electron chi connectivity index (χ0n) is 10.2. The topological polar surface area (TPSA) is 57.8 Å². The van der Waals surface area contributed by atoms with Crippen molar-refractivity contribution in [2.45, 2.75) is 32.7 Å². The van der Waals surface area contributed by atoms with E-state index in [9.17, 15) is 4.79 Å². The lowest BCUT2D eigenvalue weighted by Crippen LogP contribution is -2.33. The molecule has 0 saturated heterocycles. The summed E-state index contributed by atoms with van der Waals surface area (Å²) in [5.74, 6) is -0.0337. The normalized spacial score (nSPS) is 11.0. The molecule has 0 unspecified atom stereocenters. The number of nitrogens with one attached hydrogen (secondary N) is 2. The summed E-state index contributed by atoms with van der Waals surface area (Å²) in [4.78, 5) is 12.1. The molecule has 17 heavy (non-hydrogen) atoms. The van der Waals surface area contributed by atoms with Gasteiger partial charge >= 0.3 is 0 Å². The van der Waals surface area contributed by atoms with Crippen molar-refractivity contribution < 1.29 is 4.79 Å². The summed E-state index contributed by atoms with van der Waals surface area (Å²) in [7, 11) is 0. The van der Waals surface area contributed by atoms with Crippen molar-refractivity contribution in [3.8, 4) is 0 Å². The average Bonchev–Trinajstić information content (AvgIpc) is 2.83. The summed E-state index contributed by atoms with van der Waals surface area (Å²) >= 11 is 0. The number of fused-ring (bicyclic) bond motifs is 1. The Morgan fingerprint density at radius 3 is 2.88 bits per heavy atom. The van der Waals surface area contributed by atoms with E-state index in [4.69, 9.17) is 0 Å². The molecule has 0 atom stereocenters. The van der Waals surface area contributed by atoms with Crippen molar-refractivity contribution in [1.29, 1.82) is 0 Å². The van der Waals surface area contributed by atoms with Gasteiger partial charge in [0.1, 0.15) is 0 Å². The van der Waals surface area contributed by atoms with Crippen LogP contribution in [-0.2, 0) is 0 Å². The molecule has 0 radical (unpaired) electrons. The monoisotopic (exact) mass is 231 g/mol. The Balaban J connectivity index is 2.27. The highest BCUT2D eigenvalue weighted by Gasteiger charge is 2.13. The van der Waals surface area contributed by atoms with Crippen LogP contribution in [0, 0.1) is 0 Å². The Kier molecular flexibility index (Phi) is 3.42. The SMILES string of the molecule is CCC(CC)NC(=O)c1cccc2cn[nH]c12. The molecule has 2 rings (SSSR count). The lowest BCUT2D eigenvalue weighted by atomic mass is 10.1. The molecule has 0 bridgehead atoms. The maximum Gasteiger partial charge on any atom is 0.253 e. The number of carbonyl (C=O) groups is 1. The van der Waals surface area contributed by atoms with Crippen LogP contribution in [0.5, 0.6) is 0 Å². The van der Waals surface area contributed by atoms with Crippen molar-refractivity contribution in [3.63, 3.8) is 0 Å². The summed E-state index contributed by atoms with van der Waals surface area (Å²) in [6.07, 6.45) is 3.62. The van der Waals surface area contributed by atoms with E-state index in [-0.39, 0.29) is 11.9 Å². The molecule has 2 aromatic rings. The molecular formula is C13H17N3O. The minimum Gasteiger partial charge on any atom is -0.349 e. The van der Waals surface area contributed by atoms with Gasteiger partial charge in [0.05, 0.1) is 17.3 Å². The van der Waals surface area contributed by atoms with E-state index in [1.165, 1.54) is 0 Å². The number of hydrogen-bond acceptors (Lipinski definition) is 2. The van der Waals surface area contributed by atoms with Crippen molar-refractivity contribution in [2.75, 3.05) is 0 Å². The lowest BCUT2D eigenvalue weighted by Gasteiger charge is -2.14. The maximum atomic E-state index is 12.1. The van der Waals surface area contributed by atoms with Crippen molar-refractivity contribution in [2.24, 2.45) is 0 Å². The maximum absolute atomic E-state index is 12.1. The molecule has 0 aliphatic carbocycles. The van der Waals surface area contributed by atoms with Gasteiger partial charge in [-0.3, -0.25) is 9.89 Å². The molecule has 1 aromatic carbocycles. The Morgan fingerprint density at radius 1 is 1.41 bits per heavy atom. The molecule has 0 spiro atoms. The molecular weight excluding hydrogens is 214 g/mol. The van der Waals surface area contributed by atoms with E-state index >= 15 is 0 Å². The molecule has 1 amide bonds. The zero-order valence-corrected chi connectivity index (χ0v) is 10.2. The Morgan fingerprint density at radius 2 is 2.18 bits per heavy atom. The molecule has 2 N–H and O–H groups in total. The average molecular weight is 231 g/mol. The van der Waals surface area contributed by atoms with E-state index in [2.05, 4.69) is 29.4 Å². The third-order valence-corrected chi connectivity index (χ3v) is 3.04. The van der Waals surface area contributed by atoms with E-state index in [1.54, 1.807) is 6.20 Å². The number of carbonyl (C=O) groups excluding carboxylic acids is 1. The number of H-pyrrole nitrogens is 1. The minimum atomic E-state index is -0.0337. The summed E-state index contributed by atoms with van der Waals surface area (Å²) in [6, 6.07) is 5.87. The quantitative estimate of drug-likeness (QED) is 0.849. The van der Waals surface area contributed by atoms with Gasteiger partial charge in [-0.25, -0.2) is 0 Å². The lowest BCUT2D eigenvalue weighted by molar-refractivity contribution is 0.0936. The minimum absolute atomic E-state index is 0.0337. The van der Waals surface area contributed by atoms with Crippen molar-refractivity contribution in [3.05, 3.63) is 30.0 Å². The van der Waals surface area contributed by atoms with Crippen LogP contribution >= 0.6 is 0 Å². The highest BCUT2D eigenvalue weighted by atomic mass is 16.1. The molecule has 1 heterocycles. The number of aromatic nitrogens is 2. The van der Waals surface area contributed by atoms with Crippen LogP contribution in [0.1, 0.15) is 37.0 Å². The summed E-state index contributed by atoms with van der Waals surface area (Å²) in [5, 5.41) is 10.8. The second-order valence-corrected chi connectivity index (χ2v) is 4.13. The smallest absolute Gasteiger partial charge is 0.253 e. The van der Waals surface area contributed by atoms with Crippen LogP contribution in [-0.4, -0.2) is 22.1 Å². The zero-order chi connectivity index (χ0) is 12.3. The molecule has 90 valence electrons. The first-order chi connectivity index (χ1) is 8.26. The largest absolute Gasteiger partial charge is 0.349 e. The second kappa shape index (κ2) is 4.99. The predicted octanol–water partition coefficient (Wildman–Crippen LogP) is 2.48. The van der Waals surface area contributed by atoms with E-state index < -0.39 is 0 Å². The van der Waals surface area contributed by atoms with Gasteiger partial charge in [-0.1, -0.05) is 26.0 Å². The second-order valence-electron chi connectivity index (χ2n) is 4.13. The van der Waals surface area contributed by atoms with Gasteiger partial charge in [0.15, 0.2) is 0 Å². The fraction of sp³-hybridized carbons (Fsp3) is 0.385. The van der Waals surface area contributed by atoms with Gasteiger partial charge in [0.2, 0.25) is 0 Å². The number of hydrogen-bond donors (Lipinski definition) is 2. The Bertz CT molecular complexity index is 514. The number of amides is 1. The van der Waals surface area contributed by atoms with Gasteiger partial charge in [0, 0.05) is 11.4 Å². The van der Waals surface area contributed by atoms with E-state index in [0.717, 1.165) is 23.7 Å². The number of nitrogens with zero attached hydrogens (tertiary/aromatic N) is 1. The molecule has 1 aromatic heterocycles. The molecule has 0 saturated carbocycles. The van der Waals surface area contributed by atoms with Crippen LogP contribution in [0.25, 0.3) is 10.9 Å². The van der Waals surface area contributed by atoms with Crippen LogP contribution in [0.15, 0.2) is 24.4 Å². The fourth-order valence-electron chi connectivity index (χ4n) is 1.91. The Labute approximate surface area is 100 Å². The summed E-state index contributed by atoms with van der Waals surface area (Å²) < 4.78 is 0. The summed E-state index contributed by atoms with van der Waals surface area (Å²) in [6.45, 7) is 4.15. The van der Waals surface area contributed by atoms with Crippen LogP contribution in [0.3, 0.4) is 0 Å². The van der Waals surface area contributed by atoms with E-state index in [0.29, 0.717) is 5.56 Å². The molecule has 0 fully saturated rings. The standard InChI is InChI=1S/C13H17N3O/c1-3-10(4-2)15-13(17)11-7-5-6-9-8-14-16-12(9)11/h5-8,10H,3-4H2,1-2H3,(H,14,16)(H,15,17). The van der Waals surface area contributed by atoms with Crippen molar-refractivity contribution in [1.82, 2.24) is 15.5 Å². The molecule has 4 nitrogen and oxygen atoms in total. The van der Waals surface area contributed by atoms with Crippen LogP contribution in [0.4, 0.5) is 0 Å². The highest BCUT2D eigenvalue weighted by molar-refractivity contribution is 6.05. The third-order valence-electron chi connectivity index (χ3n) is 3.04. The van der Waals surface area contributed by atoms with Gasteiger partial charge < -0.3 is 5.32 Å². The first kappa shape index (κ1) is 11.6. The third kappa shape index (κ3) is 2.30. The highest BCUT2D eigenvalue weighted by Crippen LogP contribution is 2.15. The first-order valence-corrected chi connectivity index (χ1v) is 5.99. The molecule has 4 heteroatoms. The number of para-hydroxylation sites is 1. The van der Waals surface area contributed by atoms with Gasteiger partial charge in [-0.2, -0.15) is 5.10 Å². The first-order valence-electron chi connectivity index (χ1n) is 5.99. The van der Waals surface area contributed by atoms with E-state index in [1.807, 2.05) is 18.2 Å². The number of rotatable bonds is 4. The fourth-order valence-corrected chi connectivity index (χ4v) is 1.91.